The molecule has 2 aliphatic heterocycles. The average molecular weight is 579 g/mol. The monoisotopic (exact) mass is 578 g/mol. The molecule has 0 amide bonds. The molecular weight excluding hydrogens is 524 g/mol. The van der Waals surface area contributed by atoms with Gasteiger partial charge in [0.2, 0.25) is 6.29 Å². The Hall–Kier alpha value is -0.900. The Kier molecular flexibility index (Phi) is 8.03. The highest BCUT2D eigenvalue weighted by molar-refractivity contribution is 5.15. The lowest BCUT2D eigenvalue weighted by atomic mass is 9.44. The van der Waals surface area contributed by atoms with E-state index in [1.54, 1.807) is 0 Å². The molecule has 0 bridgehead atoms. The maximum absolute atomic E-state index is 10.5. The zero-order chi connectivity index (χ0) is 29.3. The zero-order valence-corrected chi connectivity index (χ0v) is 25.5. The highest BCUT2D eigenvalue weighted by atomic mass is 16.7. The second-order valence-electron chi connectivity index (χ2n) is 15.4. The minimum Gasteiger partial charge on any atom is -0.506 e. The van der Waals surface area contributed by atoms with Crippen molar-refractivity contribution in [2.75, 3.05) is 13.2 Å². The summed E-state index contributed by atoms with van der Waals surface area (Å²) in [6.07, 6.45) is 7.79. The summed E-state index contributed by atoms with van der Waals surface area (Å²) < 4.78 is 19.2. The van der Waals surface area contributed by atoms with Crippen LogP contribution in [0.2, 0.25) is 0 Å². The smallest absolute Gasteiger partial charge is 0.217 e. The van der Waals surface area contributed by atoms with E-state index in [9.17, 15) is 20.4 Å². The quantitative estimate of drug-likeness (QED) is 0.215. The van der Waals surface area contributed by atoms with Crippen LogP contribution in [0.4, 0.5) is 0 Å². The Morgan fingerprint density at radius 3 is 2.37 bits per heavy atom. The van der Waals surface area contributed by atoms with E-state index in [0.29, 0.717) is 47.0 Å². The van der Waals surface area contributed by atoms with Crippen molar-refractivity contribution >= 4 is 0 Å². The van der Waals surface area contributed by atoms with Crippen molar-refractivity contribution in [2.45, 2.75) is 129 Å². The Balaban J connectivity index is 1.11. The van der Waals surface area contributed by atoms with Gasteiger partial charge < -0.3 is 39.7 Å². The van der Waals surface area contributed by atoms with Gasteiger partial charge in [0.25, 0.3) is 0 Å². The Bertz CT molecular complexity index is 992. The Morgan fingerprint density at radius 1 is 0.902 bits per heavy atom. The third-order valence-electron chi connectivity index (χ3n) is 13.4. The van der Waals surface area contributed by atoms with Crippen LogP contribution in [0.3, 0.4) is 0 Å². The lowest BCUT2D eigenvalue weighted by molar-refractivity contribution is -0.273. The van der Waals surface area contributed by atoms with Gasteiger partial charge in [0.15, 0.2) is 17.3 Å². The molecule has 234 valence electrons. The first-order valence-corrected chi connectivity index (χ1v) is 16.5. The summed E-state index contributed by atoms with van der Waals surface area (Å²) in [5.41, 5.74) is 0.543. The molecular formula is C33H54O8. The number of fused-ring (bicyclic) bond motifs is 7. The summed E-state index contributed by atoms with van der Waals surface area (Å²) in [6, 6.07) is 0. The molecule has 0 aromatic carbocycles. The molecule has 0 aromatic rings. The van der Waals surface area contributed by atoms with Crippen LogP contribution in [0.15, 0.2) is 11.5 Å². The molecule has 4 aliphatic carbocycles. The summed E-state index contributed by atoms with van der Waals surface area (Å²) in [6.45, 7) is 10.2. The minimum absolute atomic E-state index is 0.129. The largest absolute Gasteiger partial charge is 0.506 e. The SMILES string of the molecule is C[C@H]1CC[C@@]2(OC1)O[C@H]1C[C@H]3[C@@H]4CC[C@@H]5C[C@@H](O[C@H](O)/C(O)=C(/O)[C@@H](O)CCO)CC[C@]5(C)[C@H]4CC[C@]3(C)[C@H]1[C@@H]2C. The van der Waals surface area contributed by atoms with E-state index in [4.69, 9.17) is 19.3 Å². The second kappa shape index (κ2) is 10.9. The van der Waals surface area contributed by atoms with Crippen LogP contribution in [0.25, 0.3) is 0 Å². The minimum atomic E-state index is -1.69. The normalized spacial score (nSPS) is 51.2. The second-order valence-corrected chi connectivity index (χ2v) is 15.4. The highest BCUT2D eigenvalue weighted by Gasteiger charge is 2.69. The van der Waals surface area contributed by atoms with Gasteiger partial charge in [-0.15, -0.1) is 0 Å². The maximum Gasteiger partial charge on any atom is 0.217 e. The van der Waals surface area contributed by atoms with Crippen LogP contribution >= 0.6 is 0 Å². The topological polar surface area (TPSA) is 129 Å². The van der Waals surface area contributed by atoms with Crippen molar-refractivity contribution < 1.29 is 39.7 Å². The van der Waals surface area contributed by atoms with E-state index in [1.165, 1.54) is 32.1 Å². The number of hydrogen-bond acceptors (Lipinski definition) is 8. The lowest BCUT2D eigenvalue weighted by Gasteiger charge is -2.61. The van der Waals surface area contributed by atoms with Crippen molar-refractivity contribution in [2.24, 2.45) is 52.3 Å². The third-order valence-corrected chi connectivity index (χ3v) is 13.4. The van der Waals surface area contributed by atoms with E-state index in [1.807, 2.05) is 0 Å². The number of hydrogen-bond donors (Lipinski definition) is 5. The molecule has 5 N–H and O–H groups in total. The van der Waals surface area contributed by atoms with Crippen molar-refractivity contribution in [1.82, 2.24) is 0 Å². The van der Waals surface area contributed by atoms with Crippen molar-refractivity contribution in [1.29, 1.82) is 0 Å². The first kappa shape index (κ1) is 30.1. The van der Waals surface area contributed by atoms with Crippen LogP contribution in [-0.4, -0.2) is 69.1 Å². The standard InChI is InChI=1S/C33H54O8/c1-18-7-13-33(39-17-18)19(2)27-26(41-33)16-24-22-6-5-20-15-21(40-30(38)29(37)28(36)25(35)10-14-34)8-11-31(20,3)23(22)9-12-32(24,27)4/h18-27,30,34-38H,5-17H2,1-4H3/b29-28-/t18-,19-,20+,21-,22+,23-,24-,25-,26-,27-,30-,31-,32-,33+/m0/s1. The summed E-state index contributed by atoms with van der Waals surface area (Å²) in [5.74, 6) is 2.36. The van der Waals surface area contributed by atoms with Gasteiger partial charge in [-0.05, 0) is 104 Å². The van der Waals surface area contributed by atoms with Crippen LogP contribution in [0.1, 0.15) is 98.3 Å². The zero-order valence-electron chi connectivity index (χ0n) is 25.5. The van der Waals surface area contributed by atoms with Crippen molar-refractivity contribution in [3.63, 3.8) is 0 Å². The van der Waals surface area contributed by atoms with Crippen LogP contribution in [0, 0.1) is 52.3 Å². The summed E-state index contributed by atoms with van der Waals surface area (Å²) >= 11 is 0. The van der Waals surface area contributed by atoms with Gasteiger partial charge in [-0.1, -0.05) is 27.7 Å². The Morgan fingerprint density at radius 2 is 1.66 bits per heavy atom. The molecule has 0 unspecified atom stereocenters. The van der Waals surface area contributed by atoms with E-state index >= 15 is 0 Å². The van der Waals surface area contributed by atoms with Gasteiger partial charge in [0.1, 0.15) is 6.10 Å². The summed E-state index contributed by atoms with van der Waals surface area (Å²) in [7, 11) is 0. The van der Waals surface area contributed by atoms with Gasteiger partial charge in [-0.2, -0.15) is 0 Å². The molecule has 0 aromatic heterocycles. The van der Waals surface area contributed by atoms with Crippen molar-refractivity contribution in [3.05, 3.63) is 11.5 Å². The fraction of sp³-hybridized carbons (Fsp3) is 0.939. The van der Waals surface area contributed by atoms with E-state index in [0.717, 1.165) is 44.6 Å². The Labute approximate surface area is 245 Å². The van der Waals surface area contributed by atoms with Crippen LogP contribution in [-0.2, 0) is 14.2 Å². The van der Waals surface area contributed by atoms with Gasteiger partial charge in [0.05, 0.1) is 18.8 Å². The molecule has 6 aliphatic rings. The van der Waals surface area contributed by atoms with Gasteiger partial charge in [-0.3, -0.25) is 0 Å². The predicted octanol–water partition coefficient (Wildman–Crippen LogP) is 5.21. The molecule has 8 nitrogen and oxygen atoms in total. The van der Waals surface area contributed by atoms with Gasteiger partial charge in [0, 0.05) is 25.4 Å². The van der Waals surface area contributed by atoms with E-state index in [2.05, 4.69) is 27.7 Å². The third kappa shape index (κ3) is 4.78. The number of aliphatic hydroxyl groups is 5. The maximum atomic E-state index is 10.5. The van der Waals surface area contributed by atoms with Crippen LogP contribution in [0.5, 0.6) is 0 Å². The molecule has 1 spiro atoms. The molecule has 4 saturated carbocycles. The number of ether oxygens (including phenoxy) is 3. The first-order chi connectivity index (χ1) is 19.4. The van der Waals surface area contributed by atoms with Gasteiger partial charge in [-0.25, -0.2) is 0 Å². The fourth-order valence-electron chi connectivity index (χ4n) is 11.2. The molecule has 8 heteroatoms. The predicted molar refractivity (Wildman–Crippen MR) is 153 cm³/mol. The summed E-state index contributed by atoms with van der Waals surface area (Å²) in [5, 5.41) is 49.6. The summed E-state index contributed by atoms with van der Waals surface area (Å²) in [4.78, 5) is 0. The van der Waals surface area contributed by atoms with E-state index < -0.39 is 23.9 Å². The highest BCUT2D eigenvalue weighted by Crippen LogP contribution is 2.71. The fourth-order valence-corrected chi connectivity index (χ4v) is 11.2. The molecule has 6 rings (SSSR count). The first-order valence-electron chi connectivity index (χ1n) is 16.5. The molecule has 6 fully saturated rings. The van der Waals surface area contributed by atoms with E-state index in [-0.39, 0.29) is 30.3 Å². The molecule has 41 heavy (non-hydrogen) atoms. The number of rotatable bonds is 6. The molecule has 14 atom stereocenters. The molecule has 2 saturated heterocycles. The molecule has 0 radical (unpaired) electrons. The lowest BCUT2D eigenvalue weighted by Crippen LogP contribution is -2.55. The van der Waals surface area contributed by atoms with Gasteiger partial charge >= 0.3 is 0 Å². The average Bonchev–Trinajstić information content (AvgIpc) is 3.39. The number of aliphatic hydroxyl groups excluding tert-OH is 5. The molecule has 2 heterocycles. The van der Waals surface area contributed by atoms with Crippen LogP contribution < -0.4 is 0 Å². The van der Waals surface area contributed by atoms with Crippen molar-refractivity contribution in [3.8, 4) is 0 Å².